The first-order valence-corrected chi connectivity index (χ1v) is 7.17. The van der Waals surface area contributed by atoms with E-state index in [2.05, 4.69) is 45.8 Å². The third-order valence-corrected chi connectivity index (χ3v) is 4.31. The van der Waals surface area contributed by atoms with Crippen LogP contribution in [0.3, 0.4) is 0 Å². The van der Waals surface area contributed by atoms with Gasteiger partial charge < -0.3 is 4.74 Å². The second kappa shape index (κ2) is 5.84. The lowest BCUT2D eigenvalue weighted by molar-refractivity contribution is 0.404. The summed E-state index contributed by atoms with van der Waals surface area (Å²) in [6.07, 6.45) is 0. The molecule has 0 saturated carbocycles. The number of benzene rings is 1. The molecule has 3 N–H and O–H groups in total. The largest absolute Gasteiger partial charge is 0.496 e. The molecule has 0 aliphatic carbocycles. The topological polar surface area (TPSA) is 47.3 Å². The maximum absolute atomic E-state index is 5.70. The number of hydrogen-bond acceptors (Lipinski definition) is 4. The predicted molar refractivity (Wildman–Crippen MR) is 78.9 cm³/mol. The van der Waals surface area contributed by atoms with Gasteiger partial charge in [-0.25, -0.2) is 5.43 Å². The molecule has 96 valence electrons. The summed E-state index contributed by atoms with van der Waals surface area (Å²) in [4.78, 5) is 0. The van der Waals surface area contributed by atoms with E-state index in [1.807, 2.05) is 12.1 Å². The average Bonchev–Trinajstić information content (AvgIpc) is 2.77. The molecule has 3 nitrogen and oxygen atoms in total. The van der Waals surface area contributed by atoms with E-state index in [9.17, 15) is 0 Å². The summed E-state index contributed by atoms with van der Waals surface area (Å²) in [7, 11) is 1.67. The molecule has 0 bridgehead atoms. The van der Waals surface area contributed by atoms with Crippen molar-refractivity contribution < 1.29 is 4.74 Å². The van der Waals surface area contributed by atoms with Crippen molar-refractivity contribution in [2.24, 2.45) is 5.84 Å². The Kier molecular flexibility index (Phi) is 4.40. The molecule has 1 aromatic heterocycles. The Balaban J connectivity index is 2.47. The first-order valence-electron chi connectivity index (χ1n) is 5.50. The number of hydrogen-bond donors (Lipinski definition) is 2. The van der Waals surface area contributed by atoms with E-state index in [4.69, 9.17) is 10.6 Å². The van der Waals surface area contributed by atoms with Crippen LogP contribution in [0.4, 0.5) is 0 Å². The minimum atomic E-state index is -0.0672. The molecule has 1 heterocycles. The van der Waals surface area contributed by atoms with Crippen molar-refractivity contribution in [3.05, 3.63) is 50.1 Å². The molecule has 0 saturated heterocycles. The Hall–Kier alpha value is -0.880. The first-order chi connectivity index (χ1) is 8.65. The fraction of sp³-hybridized carbons (Fsp3) is 0.231. The smallest absolute Gasteiger partial charge is 0.124 e. The lowest BCUT2D eigenvalue weighted by Gasteiger charge is -2.18. The molecule has 0 spiro atoms. The van der Waals surface area contributed by atoms with Crippen LogP contribution in [-0.4, -0.2) is 7.11 Å². The number of halogens is 1. The maximum atomic E-state index is 5.70. The van der Waals surface area contributed by atoms with Gasteiger partial charge in [0.1, 0.15) is 5.75 Å². The molecule has 1 aromatic carbocycles. The molecule has 1 unspecified atom stereocenters. The third-order valence-electron chi connectivity index (χ3n) is 2.78. The van der Waals surface area contributed by atoms with Crippen LogP contribution >= 0.6 is 27.3 Å². The number of methoxy groups -OCH3 is 1. The Labute approximate surface area is 119 Å². The number of hydrazine groups is 1. The van der Waals surface area contributed by atoms with E-state index in [-0.39, 0.29) is 6.04 Å². The average molecular weight is 327 g/mol. The highest BCUT2D eigenvalue weighted by molar-refractivity contribution is 9.11. The van der Waals surface area contributed by atoms with Crippen molar-refractivity contribution in [2.45, 2.75) is 13.0 Å². The van der Waals surface area contributed by atoms with Gasteiger partial charge in [0, 0.05) is 5.56 Å². The van der Waals surface area contributed by atoms with Gasteiger partial charge in [-0.1, -0.05) is 17.7 Å². The van der Waals surface area contributed by atoms with Crippen LogP contribution in [0.2, 0.25) is 0 Å². The number of rotatable bonds is 4. The lowest BCUT2D eigenvalue weighted by atomic mass is 9.99. The van der Waals surface area contributed by atoms with Gasteiger partial charge in [0.05, 0.1) is 16.9 Å². The summed E-state index contributed by atoms with van der Waals surface area (Å²) in [5, 5.41) is 2.08. The van der Waals surface area contributed by atoms with Crippen LogP contribution in [0.1, 0.15) is 22.7 Å². The molecule has 0 amide bonds. The van der Waals surface area contributed by atoms with Gasteiger partial charge in [0.25, 0.3) is 0 Å². The van der Waals surface area contributed by atoms with Crippen molar-refractivity contribution >= 4 is 27.3 Å². The number of ether oxygens (including phenoxy) is 1. The quantitative estimate of drug-likeness (QED) is 0.668. The van der Waals surface area contributed by atoms with Gasteiger partial charge in [-0.15, -0.1) is 11.3 Å². The molecule has 0 aliphatic rings. The Morgan fingerprint density at radius 2 is 2.17 bits per heavy atom. The highest BCUT2D eigenvalue weighted by Crippen LogP contribution is 2.33. The summed E-state index contributed by atoms with van der Waals surface area (Å²) >= 11 is 5.11. The van der Waals surface area contributed by atoms with Gasteiger partial charge in [-0.05, 0) is 45.9 Å². The molecule has 18 heavy (non-hydrogen) atoms. The third kappa shape index (κ3) is 2.75. The normalized spacial score (nSPS) is 12.4. The minimum absolute atomic E-state index is 0.0672. The first kappa shape index (κ1) is 13.5. The highest BCUT2D eigenvalue weighted by Gasteiger charge is 2.18. The van der Waals surface area contributed by atoms with Gasteiger partial charge in [-0.2, -0.15) is 0 Å². The zero-order valence-corrected chi connectivity index (χ0v) is 12.6. The van der Waals surface area contributed by atoms with Crippen molar-refractivity contribution in [2.75, 3.05) is 7.11 Å². The van der Waals surface area contributed by atoms with E-state index in [1.165, 1.54) is 5.56 Å². The Bertz CT molecular complexity index is 542. The van der Waals surface area contributed by atoms with Crippen molar-refractivity contribution in [3.8, 4) is 5.75 Å². The number of nitrogens with one attached hydrogen (secondary N) is 1. The number of nitrogens with two attached hydrogens (primary N) is 1. The van der Waals surface area contributed by atoms with Crippen LogP contribution < -0.4 is 16.0 Å². The van der Waals surface area contributed by atoms with Gasteiger partial charge in [0.15, 0.2) is 0 Å². The van der Waals surface area contributed by atoms with Crippen LogP contribution in [-0.2, 0) is 0 Å². The van der Waals surface area contributed by atoms with E-state index in [0.29, 0.717) is 0 Å². The molecule has 5 heteroatoms. The minimum Gasteiger partial charge on any atom is -0.496 e. The molecule has 0 radical (unpaired) electrons. The summed E-state index contributed by atoms with van der Waals surface area (Å²) < 4.78 is 6.49. The monoisotopic (exact) mass is 326 g/mol. The van der Waals surface area contributed by atoms with E-state index >= 15 is 0 Å². The molecular formula is C13H15BrN2OS. The lowest BCUT2D eigenvalue weighted by Crippen LogP contribution is -2.28. The molecule has 0 fully saturated rings. The standard InChI is InChI=1S/C13H15BrN2OS/c1-8-3-4-11(17-2)10(5-8)13(16-15)9-6-12(14)18-7-9/h3-7,13,16H,15H2,1-2H3. The summed E-state index contributed by atoms with van der Waals surface area (Å²) in [5.74, 6) is 6.54. The highest BCUT2D eigenvalue weighted by atomic mass is 79.9. The summed E-state index contributed by atoms with van der Waals surface area (Å²) in [6.45, 7) is 2.06. The zero-order chi connectivity index (χ0) is 13.1. The molecular weight excluding hydrogens is 312 g/mol. The van der Waals surface area contributed by atoms with Crippen LogP contribution in [0, 0.1) is 6.92 Å². The van der Waals surface area contributed by atoms with Crippen molar-refractivity contribution in [3.63, 3.8) is 0 Å². The van der Waals surface area contributed by atoms with Crippen molar-refractivity contribution in [1.82, 2.24) is 5.43 Å². The van der Waals surface area contributed by atoms with Gasteiger partial charge >= 0.3 is 0 Å². The SMILES string of the molecule is COc1ccc(C)cc1C(NN)c1csc(Br)c1. The molecule has 1 atom stereocenters. The Morgan fingerprint density at radius 1 is 1.39 bits per heavy atom. The van der Waals surface area contributed by atoms with Crippen LogP contribution in [0.15, 0.2) is 33.4 Å². The maximum Gasteiger partial charge on any atom is 0.124 e. The van der Waals surface area contributed by atoms with Crippen molar-refractivity contribution in [1.29, 1.82) is 0 Å². The summed E-state index contributed by atoms with van der Waals surface area (Å²) in [5.41, 5.74) is 6.21. The van der Waals surface area contributed by atoms with E-state index in [0.717, 1.165) is 20.7 Å². The molecule has 2 rings (SSSR count). The number of thiophene rings is 1. The van der Waals surface area contributed by atoms with E-state index in [1.54, 1.807) is 18.4 Å². The molecule has 0 aliphatic heterocycles. The van der Waals surface area contributed by atoms with Crippen LogP contribution in [0.25, 0.3) is 0 Å². The second-order valence-corrected chi connectivity index (χ2v) is 6.32. The van der Waals surface area contributed by atoms with E-state index < -0.39 is 0 Å². The predicted octanol–water partition coefficient (Wildman–Crippen LogP) is 3.38. The number of aryl methyl sites for hydroxylation is 1. The summed E-state index contributed by atoms with van der Waals surface area (Å²) in [6, 6.07) is 8.09. The fourth-order valence-electron chi connectivity index (χ4n) is 1.92. The van der Waals surface area contributed by atoms with Crippen LogP contribution in [0.5, 0.6) is 5.75 Å². The van der Waals surface area contributed by atoms with Gasteiger partial charge in [0.2, 0.25) is 0 Å². The second-order valence-electron chi connectivity index (χ2n) is 4.03. The van der Waals surface area contributed by atoms with Gasteiger partial charge in [-0.3, -0.25) is 5.84 Å². The Morgan fingerprint density at radius 3 is 2.72 bits per heavy atom. The molecule has 2 aromatic rings. The zero-order valence-electron chi connectivity index (χ0n) is 10.2. The fourth-order valence-corrected chi connectivity index (χ4v) is 3.12.